The first-order valence-electron chi connectivity index (χ1n) is 7.48. The summed E-state index contributed by atoms with van der Waals surface area (Å²) in [6.45, 7) is 7.71. The Kier molecular flexibility index (Phi) is 4.43. The van der Waals surface area contributed by atoms with Crippen molar-refractivity contribution in [2.24, 2.45) is 0 Å². The minimum Gasteiger partial charge on any atom is -0.306 e. The number of hydrogen-bond donors (Lipinski definition) is 1. The van der Waals surface area contributed by atoms with Gasteiger partial charge in [0.25, 0.3) is 0 Å². The highest BCUT2D eigenvalue weighted by Gasteiger charge is 2.19. The molecule has 2 heterocycles. The van der Waals surface area contributed by atoms with Crippen LogP contribution < -0.4 is 5.32 Å². The number of nitrogens with one attached hydrogen (secondary N) is 1. The lowest BCUT2D eigenvalue weighted by molar-refractivity contribution is 0.605. The van der Waals surface area contributed by atoms with Gasteiger partial charge in [-0.15, -0.1) is 22.7 Å². The predicted molar refractivity (Wildman–Crippen MR) is 95.8 cm³/mol. The maximum Gasteiger partial charge on any atom is 0.0682 e. The van der Waals surface area contributed by atoms with E-state index in [9.17, 15) is 0 Å². The fourth-order valence-corrected chi connectivity index (χ4v) is 4.86. The third-order valence-electron chi connectivity index (χ3n) is 3.72. The highest BCUT2D eigenvalue weighted by atomic mass is 32.1. The summed E-state index contributed by atoms with van der Waals surface area (Å²) in [5.41, 5.74) is 1.44. The van der Waals surface area contributed by atoms with Crippen molar-refractivity contribution < 1.29 is 0 Å². The second kappa shape index (κ2) is 6.30. The average molecular weight is 316 g/mol. The van der Waals surface area contributed by atoms with Crippen LogP contribution in [-0.4, -0.2) is 6.54 Å². The second-order valence-corrected chi connectivity index (χ2v) is 8.02. The number of aryl methyl sites for hydroxylation is 2. The Labute approximate surface area is 134 Å². The third-order valence-corrected chi connectivity index (χ3v) is 5.88. The number of fused-ring (bicyclic) bond motifs is 1. The lowest BCUT2D eigenvalue weighted by Crippen LogP contribution is -2.22. The molecule has 3 heteroatoms. The van der Waals surface area contributed by atoms with E-state index in [2.05, 4.69) is 62.5 Å². The number of benzene rings is 1. The second-order valence-electron chi connectivity index (χ2n) is 5.44. The van der Waals surface area contributed by atoms with Crippen LogP contribution in [0.5, 0.6) is 0 Å². The standard InChI is InChI=1S/C18H21NS2/c1-4-9-19-18(15-10-12(2)20-13(15)3)17-11-14-7-5-6-8-16(14)21-17/h5-8,10-11,18-19H,4,9H2,1-3H3. The molecule has 1 atom stereocenters. The van der Waals surface area contributed by atoms with Crippen molar-refractivity contribution in [3.8, 4) is 0 Å². The number of rotatable bonds is 5. The Morgan fingerprint density at radius 2 is 1.90 bits per heavy atom. The molecule has 0 aliphatic carbocycles. The van der Waals surface area contributed by atoms with E-state index in [0.717, 1.165) is 13.0 Å². The number of hydrogen-bond acceptors (Lipinski definition) is 3. The molecule has 1 unspecified atom stereocenters. The summed E-state index contributed by atoms with van der Waals surface area (Å²) in [7, 11) is 0. The molecule has 110 valence electrons. The molecular formula is C18H21NS2. The molecule has 1 N–H and O–H groups in total. The quantitative estimate of drug-likeness (QED) is 0.640. The van der Waals surface area contributed by atoms with Crippen LogP contribution in [0.15, 0.2) is 36.4 Å². The van der Waals surface area contributed by atoms with Crippen LogP contribution in [0.25, 0.3) is 10.1 Å². The molecule has 0 aliphatic rings. The van der Waals surface area contributed by atoms with Crippen LogP contribution in [0, 0.1) is 13.8 Å². The molecule has 0 spiro atoms. The van der Waals surface area contributed by atoms with Crippen LogP contribution in [0.3, 0.4) is 0 Å². The fraction of sp³-hybridized carbons (Fsp3) is 0.333. The minimum absolute atomic E-state index is 0.326. The van der Waals surface area contributed by atoms with Gasteiger partial charge in [-0.1, -0.05) is 25.1 Å². The lowest BCUT2D eigenvalue weighted by atomic mass is 10.1. The lowest BCUT2D eigenvalue weighted by Gasteiger charge is -2.17. The highest BCUT2D eigenvalue weighted by Crippen LogP contribution is 2.36. The molecule has 0 fully saturated rings. The Morgan fingerprint density at radius 1 is 1.10 bits per heavy atom. The molecule has 0 saturated heterocycles. The zero-order valence-electron chi connectivity index (χ0n) is 12.8. The van der Waals surface area contributed by atoms with Crippen molar-refractivity contribution in [1.29, 1.82) is 0 Å². The van der Waals surface area contributed by atoms with Crippen LogP contribution >= 0.6 is 22.7 Å². The van der Waals surface area contributed by atoms with Crippen molar-refractivity contribution in [1.82, 2.24) is 5.32 Å². The van der Waals surface area contributed by atoms with Crippen LogP contribution in [-0.2, 0) is 0 Å². The summed E-state index contributed by atoms with van der Waals surface area (Å²) in [6, 6.07) is 13.7. The molecule has 0 amide bonds. The first-order chi connectivity index (χ1) is 10.2. The molecular weight excluding hydrogens is 294 g/mol. The summed E-state index contributed by atoms with van der Waals surface area (Å²) in [5.74, 6) is 0. The zero-order chi connectivity index (χ0) is 14.8. The Hall–Kier alpha value is -1.16. The monoisotopic (exact) mass is 315 g/mol. The van der Waals surface area contributed by atoms with Gasteiger partial charge in [-0.25, -0.2) is 0 Å². The predicted octanol–water partition coefficient (Wildman–Crippen LogP) is 5.67. The van der Waals surface area contributed by atoms with Gasteiger partial charge in [0.05, 0.1) is 6.04 Å². The van der Waals surface area contributed by atoms with Crippen molar-refractivity contribution in [2.75, 3.05) is 6.54 Å². The smallest absolute Gasteiger partial charge is 0.0682 e. The molecule has 2 aromatic heterocycles. The molecule has 21 heavy (non-hydrogen) atoms. The third kappa shape index (κ3) is 3.05. The van der Waals surface area contributed by atoms with E-state index in [4.69, 9.17) is 0 Å². The summed E-state index contributed by atoms with van der Waals surface area (Å²) in [6.07, 6.45) is 1.16. The highest BCUT2D eigenvalue weighted by molar-refractivity contribution is 7.19. The normalized spacial score (nSPS) is 12.9. The summed E-state index contributed by atoms with van der Waals surface area (Å²) < 4.78 is 1.38. The van der Waals surface area contributed by atoms with Gasteiger partial charge in [-0.2, -0.15) is 0 Å². The van der Waals surface area contributed by atoms with Crippen molar-refractivity contribution in [3.05, 3.63) is 56.6 Å². The van der Waals surface area contributed by atoms with Gasteiger partial charge in [0, 0.05) is 19.3 Å². The topological polar surface area (TPSA) is 12.0 Å². The summed E-state index contributed by atoms with van der Waals surface area (Å²) >= 11 is 3.81. The van der Waals surface area contributed by atoms with E-state index < -0.39 is 0 Å². The molecule has 3 rings (SSSR count). The molecule has 0 saturated carbocycles. The van der Waals surface area contributed by atoms with E-state index in [1.807, 2.05) is 22.7 Å². The van der Waals surface area contributed by atoms with Gasteiger partial charge >= 0.3 is 0 Å². The van der Waals surface area contributed by atoms with Gasteiger partial charge in [0.1, 0.15) is 0 Å². The molecule has 1 aromatic carbocycles. The van der Waals surface area contributed by atoms with E-state index in [1.165, 1.54) is 30.3 Å². The molecule has 3 aromatic rings. The van der Waals surface area contributed by atoms with Crippen LogP contribution in [0.4, 0.5) is 0 Å². The van der Waals surface area contributed by atoms with Crippen molar-refractivity contribution in [3.63, 3.8) is 0 Å². The number of thiophene rings is 2. The largest absolute Gasteiger partial charge is 0.306 e. The molecule has 0 aliphatic heterocycles. The Bertz CT molecular complexity index is 706. The molecule has 0 bridgehead atoms. The fourth-order valence-electron chi connectivity index (χ4n) is 2.73. The van der Waals surface area contributed by atoms with Gasteiger partial charge in [0.2, 0.25) is 0 Å². The summed E-state index contributed by atoms with van der Waals surface area (Å²) in [5, 5.41) is 5.09. The first kappa shape index (κ1) is 14.8. The minimum atomic E-state index is 0.326. The van der Waals surface area contributed by atoms with Crippen molar-refractivity contribution in [2.45, 2.75) is 33.2 Å². The molecule has 1 nitrogen and oxygen atoms in total. The first-order valence-corrected chi connectivity index (χ1v) is 9.11. The van der Waals surface area contributed by atoms with Gasteiger partial charge < -0.3 is 5.32 Å². The summed E-state index contributed by atoms with van der Waals surface area (Å²) in [4.78, 5) is 4.25. The Morgan fingerprint density at radius 3 is 2.57 bits per heavy atom. The van der Waals surface area contributed by atoms with E-state index in [-0.39, 0.29) is 0 Å². The SMILES string of the molecule is CCCNC(c1cc2ccccc2s1)c1cc(C)sc1C. The van der Waals surface area contributed by atoms with E-state index in [0.29, 0.717) is 6.04 Å². The van der Waals surface area contributed by atoms with Gasteiger partial charge in [0.15, 0.2) is 0 Å². The molecule has 0 radical (unpaired) electrons. The van der Waals surface area contributed by atoms with Crippen LogP contribution in [0.1, 0.15) is 39.6 Å². The van der Waals surface area contributed by atoms with E-state index in [1.54, 1.807) is 0 Å². The average Bonchev–Trinajstić information content (AvgIpc) is 3.03. The van der Waals surface area contributed by atoms with Gasteiger partial charge in [-0.3, -0.25) is 0 Å². The van der Waals surface area contributed by atoms with Crippen LogP contribution in [0.2, 0.25) is 0 Å². The van der Waals surface area contributed by atoms with E-state index >= 15 is 0 Å². The van der Waals surface area contributed by atoms with Gasteiger partial charge in [-0.05, 0) is 56.0 Å². The zero-order valence-corrected chi connectivity index (χ0v) is 14.4. The Balaban J connectivity index is 2.04. The van der Waals surface area contributed by atoms with Crippen molar-refractivity contribution >= 4 is 32.8 Å². The maximum absolute atomic E-state index is 3.73. The maximum atomic E-state index is 3.73.